The average Bonchev–Trinajstić information content (AvgIpc) is 3.25. The van der Waals surface area contributed by atoms with Gasteiger partial charge in [0.05, 0.1) is 18.4 Å². The summed E-state index contributed by atoms with van der Waals surface area (Å²) in [6.45, 7) is 4.57. The maximum Gasteiger partial charge on any atom is 0.341 e. The van der Waals surface area contributed by atoms with Crippen molar-refractivity contribution in [2.24, 2.45) is 11.0 Å². The number of thiophene rings is 1. The number of carbonyl (C=O) groups excluding carboxylic acids is 3. The van der Waals surface area contributed by atoms with Gasteiger partial charge < -0.3 is 14.8 Å². The summed E-state index contributed by atoms with van der Waals surface area (Å²) in [5.74, 6) is -1.13. The fourth-order valence-electron chi connectivity index (χ4n) is 4.03. The summed E-state index contributed by atoms with van der Waals surface area (Å²) in [5, 5.41) is 6.80. The number of fused-ring (bicyclic) bond motifs is 1. The number of benzene rings is 2. The van der Waals surface area contributed by atoms with E-state index < -0.39 is 17.8 Å². The first-order chi connectivity index (χ1) is 17.9. The van der Waals surface area contributed by atoms with Gasteiger partial charge >= 0.3 is 17.8 Å². The van der Waals surface area contributed by atoms with Gasteiger partial charge in [-0.2, -0.15) is 5.10 Å². The van der Waals surface area contributed by atoms with Crippen LogP contribution in [0.4, 0.5) is 5.00 Å². The summed E-state index contributed by atoms with van der Waals surface area (Å²) < 4.78 is 11.0. The molecule has 0 saturated carbocycles. The van der Waals surface area contributed by atoms with E-state index in [1.807, 2.05) is 30.3 Å². The molecule has 1 aliphatic rings. The Kier molecular flexibility index (Phi) is 8.68. The van der Waals surface area contributed by atoms with Crippen LogP contribution in [-0.4, -0.2) is 30.6 Å². The molecule has 0 radical (unpaired) electrons. The minimum absolute atomic E-state index is 0.225. The third-order valence-corrected chi connectivity index (χ3v) is 7.10. The standard InChI is InChI=1S/C28H29N3O5S/c1-3-35-28(34)24-22-14-9-18(2)15-23(22)37-27(24)30-25(32)26(33)31-29-16-19-10-12-21(13-11-19)36-17-20-7-5-4-6-8-20/h4-8,10-13,16,18H,3,9,14-15,17H2,1-2H3,(H,30,32)(H,31,33). The van der Waals surface area contributed by atoms with Crippen LogP contribution >= 0.6 is 11.3 Å². The van der Waals surface area contributed by atoms with Crippen molar-refractivity contribution >= 4 is 40.3 Å². The van der Waals surface area contributed by atoms with Gasteiger partial charge in [0.25, 0.3) is 0 Å². The molecule has 192 valence electrons. The lowest BCUT2D eigenvalue weighted by molar-refractivity contribution is -0.136. The van der Waals surface area contributed by atoms with Gasteiger partial charge in [-0.25, -0.2) is 10.2 Å². The zero-order valence-corrected chi connectivity index (χ0v) is 21.6. The normalized spacial score (nSPS) is 14.6. The van der Waals surface area contributed by atoms with Crippen LogP contribution in [0.15, 0.2) is 59.7 Å². The largest absolute Gasteiger partial charge is 0.489 e. The highest BCUT2D eigenvalue weighted by atomic mass is 32.1. The predicted octanol–water partition coefficient (Wildman–Crippen LogP) is 4.72. The van der Waals surface area contributed by atoms with Crippen molar-refractivity contribution < 1.29 is 23.9 Å². The molecule has 9 heteroatoms. The van der Waals surface area contributed by atoms with E-state index in [2.05, 4.69) is 22.8 Å². The van der Waals surface area contributed by atoms with Crippen LogP contribution in [-0.2, 0) is 33.8 Å². The van der Waals surface area contributed by atoms with E-state index in [4.69, 9.17) is 9.47 Å². The number of nitrogens with zero attached hydrogens (tertiary/aromatic N) is 1. The van der Waals surface area contributed by atoms with E-state index in [9.17, 15) is 14.4 Å². The van der Waals surface area contributed by atoms with Crippen LogP contribution in [0.2, 0.25) is 0 Å². The van der Waals surface area contributed by atoms with Crippen LogP contribution < -0.4 is 15.5 Å². The molecule has 1 atom stereocenters. The fraction of sp³-hybridized carbons (Fsp3) is 0.286. The van der Waals surface area contributed by atoms with Crippen LogP contribution in [0.5, 0.6) is 5.75 Å². The Hall–Kier alpha value is -3.98. The SMILES string of the molecule is CCOC(=O)c1c(NC(=O)C(=O)NN=Cc2ccc(OCc3ccccc3)cc2)sc2c1CCC(C)C2. The molecule has 1 aromatic heterocycles. The molecule has 0 bridgehead atoms. The highest BCUT2D eigenvalue weighted by Crippen LogP contribution is 2.40. The van der Waals surface area contributed by atoms with Gasteiger partial charge in [0.15, 0.2) is 0 Å². The quantitative estimate of drug-likeness (QED) is 0.194. The van der Waals surface area contributed by atoms with Gasteiger partial charge in [-0.1, -0.05) is 37.3 Å². The van der Waals surface area contributed by atoms with E-state index >= 15 is 0 Å². The number of esters is 1. The third kappa shape index (κ3) is 6.83. The second-order valence-corrected chi connectivity index (χ2v) is 9.88. The zero-order valence-electron chi connectivity index (χ0n) is 20.8. The van der Waals surface area contributed by atoms with Crippen LogP contribution in [0.3, 0.4) is 0 Å². The first-order valence-electron chi connectivity index (χ1n) is 12.2. The highest BCUT2D eigenvalue weighted by molar-refractivity contribution is 7.17. The minimum Gasteiger partial charge on any atom is -0.489 e. The van der Waals surface area contributed by atoms with E-state index in [0.29, 0.717) is 28.8 Å². The summed E-state index contributed by atoms with van der Waals surface area (Å²) >= 11 is 1.33. The molecule has 0 saturated heterocycles. The predicted molar refractivity (Wildman–Crippen MR) is 143 cm³/mol. The molecule has 2 aromatic carbocycles. The van der Waals surface area contributed by atoms with Crippen molar-refractivity contribution in [3.05, 3.63) is 81.7 Å². The minimum atomic E-state index is -0.936. The molecule has 4 rings (SSSR count). The van der Waals surface area contributed by atoms with Gasteiger partial charge in [0.1, 0.15) is 17.4 Å². The van der Waals surface area contributed by atoms with Crippen LogP contribution in [0, 0.1) is 5.92 Å². The van der Waals surface area contributed by atoms with Gasteiger partial charge in [-0.15, -0.1) is 11.3 Å². The number of amides is 2. The summed E-state index contributed by atoms with van der Waals surface area (Å²) in [6, 6.07) is 17.0. The van der Waals surface area contributed by atoms with Crippen molar-refractivity contribution in [1.29, 1.82) is 0 Å². The number of ether oxygens (including phenoxy) is 2. The smallest absolute Gasteiger partial charge is 0.341 e. The molecule has 3 aromatic rings. The molecule has 2 N–H and O–H groups in total. The van der Waals surface area contributed by atoms with E-state index in [1.54, 1.807) is 31.2 Å². The van der Waals surface area contributed by atoms with Crippen molar-refractivity contribution in [2.45, 2.75) is 39.7 Å². The third-order valence-electron chi connectivity index (χ3n) is 5.93. The molecule has 37 heavy (non-hydrogen) atoms. The molecular weight excluding hydrogens is 490 g/mol. The summed E-state index contributed by atoms with van der Waals surface area (Å²) in [7, 11) is 0. The molecule has 1 aliphatic carbocycles. The Morgan fingerprint density at radius 3 is 2.57 bits per heavy atom. The molecule has 0 fully saturated rings. The number of hydrazone groups is 1. The molecule has 0 spiro atoms. The summed E-state index contributed by atoms with van der Waals surface area (Å²) in [4.78, 5) is 38.5. The van der Waals surface area contributed by atoms with E-state index in [0.717, 1.165) is 40.8 Å². The molecular formula is C28H29N3O5S. The van der Waals surface area contributed by atoms with Gasteiger partial charge in [-0.05, 0) is 73.1 Å². The fourth-order valence-corrected chi connectivity index (χ4v) is 5.42. The second-order valence-electron chi connectivity index (χ2n) is 8.77. The van der Waals surface area contributed by atoms with Crippen molar-refractivity contribution in [2.75, 3.05) is 11.9 Å². The summed E-state index contributed by atoms with van der Waals surface area (Å²) in [5.41, 5.74) is 5.28. The Morgan fingerprint density at radius 1 is 1.08 bits per heavy atom. The monoisotopic (exact) mass is 519 g/mol. The molecule has 0 aliphatic heterocycles. The van der Waals surface area contributed by atoms with Crippen LogP contribution in [0.1, 0.15) is 52.2 Å². The molecule has 1 heterocycles. The zero-order chi connectivity index (χ0) is 26.2. The molecule has 2 amide bonds. The number of anilines is 1. The first-order valence-corrected chi connectivity index (χ1v) is 13.0. The lowest BCUT2D eigenvalue weighted by Gasteiger charge is -2.18. The number of carbonyl (C=O) groups is 3. The maximum atomic E-state index is 12.6. The Labute approximate surface area is 219 Å². The summed E-state index contributed by atoms with van der Waals surface area (Å²) in [6.07, 6.45) is 3.96. The van der Waals surface area contributed by atoms with Crippen molar-refractivity contribution in [3.63, 3.8) is 0 Å². The van der Waals surface area contributed by atoms with Crippen molar-refractivity contribution in [1.82, 2.24) is 5.43 Å². The van der Waals surface area contributed by atoms with Crippen LogP contribution in [0.25, 0.3) is 0 Å². The molecule has 8 nitrogen and oxygen atoms in total. The number of rotatable bonds is 8. The topological polar surface area (TPSA) is 106 Å². The second kappa shape index (κ2) is 12.3. The van der Waals surface area contributed by atoms with Gasteiger partial charge in [0.2, 0.25) is 0 Å². The first kappa shape index (κ1) is 26.1. The maximum absolute atomic E-state index is 12.6. The van der Waals surface area contributed by atoms with Crippen molar-refractivity contribution in [3.8, 4) is 5.75 Å². The Morgan fingerprint density at radius 2 is 1.84 bits per heavy atom. The number of nitrogens with one attached hydrogen (secondary N) is 2. The van der Waals surface area contributed by atoms with Gasteiger partial charge in [0, 0.05) is 4.88 Å². The Bertz CT molecular complexity index is 1290. The highest BCUT2D eigenvalue weighted by Gasteiger charge is 2.30. The molecule has 1 unspecified atom stereocenters. The van der Waals surface area contributed by atoms with E-state index in [-0.39, 0.29) is 6.61 Å². The lowest BCUT2D eigenvalue weighted by atomic mass is 9.88. The number of hydrogen-bond acceptors (Lipinski definition) is 7. The van der Waals surface area contributed by atoms with Gasteiger partial charge in [-0.3, -0.25) is 9.59 Å². The Balaban J connectivity index is 1.33. The van der Waals surface area contributed by atoms with E-state index in [1.165, 1.54) is 17.6 Å². The number of hydrogen-bond donors (Lipinski definition) is 2. The average molecular weight is 520 g/mol. The lowest BCUT2D eigenvalue weighted by Crippen LogP contribution is -2.32.